The number of nitrogens with one attached hydrogen (secondary N) is 2. The first-order valence-electron chi connectivity index (χ1n) is 8.62. The Balaban J connectivity index is 1.98. The van der Waals surface area contributed by atoms with Crippen molar-refractivity contribution in [2.75, 3.05) is 33.9 Å². The van der Waals surface area contributed by atoms with Crippen LogP contribution in [0.4, 0.5) is 0 Å². The first kappa shape index (κ1) is 19.7. The average Bonchev–Trinajstić information content (AvgIpc) is 3.18. The summed E-state index contributed by atoms with van der Waals surface area (Å²) in [4.78, 5) is 4.46. The molecule has 0 radical (unpaired) electrons. The molecule has 7 heteroatoms. The van der Waals surface area contributed by atoms with Gasteiger partial charge in [-0.1, -0.05) is 0 Å². The molecule has 26 heavy (non-hydrogen) atoms. The Morgan fingerprint density at radius 2 is 2.08 bits per heavy atom. The maximum atomic E-state index is 10.5. The number of aliphatic hydroxyl groups excluding tert-OH is 1. The highest BCUT2D eigenvalue weighted by atomic mass is 16.5. The maximum absolute atomic E-state index is 10.5. The van der Waals surface area contributed by atoms with Crippen LogP contribution in [0, 0.1) is 0 Å². The van der Waals surface area contributed by atoms with Gasteiger partial charge in [0.2, 0.25) is 0 Å². The van der Waals surface area contributed by atoms with Crippen LogP contribution in [0.25, 0.3) is 0 Å². The number of hydrogen-bond donors (Lipinski definition) is 3. The number of hydrogen-bond acceptors (Lipinski definition) is 5. The zero-order chi connectivity index (χ0) is 18.8. The normalized spacial score (nSPS) is 12.5. The summed E-state index contributed by atoms with van der Waals surface area (Å²) in [5.74, 6) is 2.81. The van der Waals surface area contributed by atoms with Gasteiger partial charge in [-0.05, 0) is 37.3 Å². The lowest BCUT2D eigenvalue weighted by molar-refractivity contribution is 0.182. The molecule has 1 aromatic heterocycles. The van der Waals surface area contributed by atoms with Crippen molar-refractivity contribution in [3.8, 4) is 11.5 Å². The minimum Gasteiger partial charge on any atom is -0.497 e. The van der Waals surface area contributed by atoms with Crippen LogP contribution >= 0.6 is 0 Å². The third kappa shape index (κ3) is 5.70. The largest absolute Gasteiger partial charge is 0.497 e. The molecule has 0 saturated carbocycles. The quantitative estimate of drug-likeness (QED) is 0.468. The molecule has 0 aliphatic rings. The van der Waals surface area contributed by atoms with Crippen LogP contribution in [0.15, 0.2) is 46.0 Å². The van der Waals surface area contributed by atoms with Crippen molar-refractivity contribution < 1.29 is 19.0 Å². The number of furan rings is 1. The van der Waals surface area contributed by atoms with Crippen molar-refractivity contribution in [2.45, 2.75) is 19.4 Å². The van der Waals surface area contributed by atoms with Crippen molar-refractivity contribution in [3.63, 3.8) is 0 Å². The molecule has 2 aromatic rings. The molecule has 142 valence electrons. The Labute approximate surface area is 154 Å². The lowest BCUT2D eigenvalue weighted by Crippen LogP contribution is -2.38. The predicted molar refractivity (Wildman–Crippen MR) is 101 cm³/mol. The summed E-state index contributed by atoms with van der Waals surface area (Å²) >= 11 is 0. The molecule has 1 aromatic carbocycles. The van der Waals surface area contributed by atoms with Gasteiger partial charge in [0.15, 0.2) is 5.96 Å². The summed E-state index contributed by atoms with van der Waals surface area (Å²) in [6, 6.07) is 9.12. The third-order valence-corrected chi connectivity index (χ3v) is 3.81. The highest BCUT2D eigenvalue weighted by Crippen LogP contribution is 2.29. The summed E-state index contributed by atoms with van der Waals surface area (Å²) in [6.07, 6.45) is 1.61. The molecule has 1 unspecified atom stereocenters. The van der Waals surface area contributed by atoms with Crippen molar-refractivity contribution in [2.24, 2.45) is 4.99 Å². The number of aliphatic imine (C=N–C) groups is 1. The minimum absolute atomic E-state index is 0.194. The van der Waals surface area contributed by atoms with Crippen molar-refractivity contribution in [1.29, 1.82) is 0 Å². The number of rotatable bonds is 9. The van der Waals surface area contributed by atoms with Gasteiger partial charge in [0.25, 0.3) is 0 Å². The summed E-state index contributed by atoms with van der Waals surface area (Å²) in [5.41, 5.74) is 0.641. The highest BCUT2D eigenvalue weighted by Gasteiger charge is 2.14. The van der Waals surface area contributed by atoms with Gasteiger partial charge in [0.1, 0.15) is 23.4 Å². The van der Waals surface area contributed by atoms with E-state index >= 15 is 0 Å². The SMILES string of the molecule is CCNC(=NCC(O)c1cc(OC)ccc1OC)NCCc1ccco1. The Kier molecular flexibility index (Phi) is 7.82. The molecule has 0 fully saturated rings. The maximum Gasteiger partial charge on any atom is 0.191 e. The molecule has 1 atom stereocenters. The molecule has 0 aliphatic heterocycles. The molecule has 0 bridgehead atoms. The van der Waals surface area contributed by atoms with Crippen LogP contribution in [0.2, 0.25) is 0 Å². The molecule has 1 heterocycles. The molecule has 0 amide bonds. The first-order valence-corrected chi connectivity index (χ1v) is 8.62. The molecule has 7 nitrogen and oxygen atoms in total. The van der Waals surface area contributed by atoms with E-state index in [0.717, 1.165) is 18.7 Å². The second-order valence-electron chi connectivity index (χ2n) is 5.60. The first-order chi connectivity index (χ1) is 12.7. The van der Waals surface area contributed by atoms with Gasteiger partial charge in [-0.15, -0.1) is 0 Å². The second kappa shape index (κ2) is 10.4. The molecule has 0 saturated heterocycles. The number of methoxy groups -OCH3 is 2. The molecule has 2 rings (SSSR count). The van der Waals surface area contributed by atoms with Crippen molar-refractivity contribution in [1.82, 2.24) is 10.6 Å². The summed E-state index contributed by atoms with van der Waals surface area (Å²) in [7, 11) is 3.16. The topological polar surface area (TPSA) is 88.3 Å². The molecule has 0 aliphatic carbocycles. The zero-order valence-electron chi connectivity index (χ0n) is 15.5. The Hall–Kier alpha value is -2.67. The smallest absolute Gasteiger partial charge is 0.191 e. The van der Waals surface area contributed by atoms with E-state index in [1.54, 1.807) is 38.7 Å². The minimum atomic E-state index is -0.805. The standard InChI is InChI=1S/C19H27N3O4/c1-4-20-19(21-10-9-14-6-5-11-26-14)22-13-17(23)16-12-15(24-2)7-8-18(16)25-3/h5-8,11-12,17,23H,4,9-10,13H2,1-3H3,(H2,20,21,22). The van der Waals surface area contributed by atoms with Crippen LogP contribution < -0.4 is 20.1 Å². The average molecular weight is 361 g/mol. The van der Waals surface area contributed by atoms with Crippen molar-refractivity contribution >= 4 is 5.96 Å². The fraction of sp³-hybridized carbons (Fsp3) is 0.421. The summed E-state index contributed by atoms with van der Waals surface area (Å²) in [6.45, 7) is 3.59. The Morgan fingerprint density at radius 3 is 2.73 bits per heavy atom. The van der Waals surface area contributed by atoms with E-state index in [1.807, 2.05) is 19.1 Å². The van der Waals surface area contributed by atoms with E-state index in [9.17, 15) is 5.11 Å². The van der Waals surface area contributed by atoms with Crippen LogP contribution in [-0.4, -0.2) is 44.9 Å². The van der Waals surface area contributed by atoms with Gasteiger partial charge < -0.3 is 29.6 Å². The van der Waals surface area contributed by atoms with Crippen LogP contribution in [0.5, 0.6) is 11.5 Å². The number of benzene rings is 1. The number of aliphatic hydroxyl groups is 1. The van der Waals surface area contributed by atoms with Gasteiger partial charge in [0.05, 0.1) is 27.0 Å². The van der Waals surface area contributed by atoms with E-state index in [4.69, 9.17) is 13.9 Å². The van der Waals surface area contributed by atoms with Gasteiger partial charge >= 0.3 is 0 Å². The molecule has 3 N–H and O–H groups in total. The molecular weight excluding hydrogens is 334 g/mol. The van der Waals surface area contributed by atoms with Gasteiger partial charge in [-0.25, -0.2) is 0 Å². The summed E-state index contributed by atoms with van der Waals surface area (Å²) in [5, 5.41) is 16.9. The number of guanidine groups is 1. The third-order valence-electron chi connectivity index (χ3n) is 3.81. The molecular formula is C19H27N3O4. The Morgan fingerprint density at radius 1 is 1.23 bits per heavy atom. The second-order valence-corrected chi connectivity index (χ2v) is 5.60. The number of ether oxygens (including phenoxy) is 2. The van der Waals surface area contributed by atoms with Gasteiger partial charge in [0, 0.05) is 25.1 Å². The van der Waals surface area contributed by atoms with E-state index in [-0.39, 0.29) is 6.54 Å². The fourth-order valence-corrected chi connectivity index (χ4v) is 2.48. The van der Waals surface area contributed by atoms with Gasteiger partial charge in [-0.3, -0.25) is 4.99 Å². The Bertz CT molecular complexity index is 686. The predicted octanol–water partition coefficient (Wildman–Crippen LogP) is 2.13. The van der Waals surface area contributed by atoms with Crippen molar-refractivity contribution in [3.05, 3.63) is 47.9 Å². The monoisotopic (exact) mass is 361 g/mol. The summed E-state index contributed by atoms with van der Waals surface area (Å²) < 4.78 is 15.9. The van der Waals surface area contributed by atoms with Crippen LogP contribution in [0.1, 0.15) is 24.4 Å². The molecule has 0 spiro atoms. The van der Waals surface area contributed by atoms with Gasteiger partial charge in [-0.2, -0.15) is 0 Å². The van der Waals surface area contributed by atoms with Crippen LogP contribution in [-0.2, 0) is 6.42 Å². The van der Waals surface area contributed by atoms with E-state index in [1.165, 1.54) is 0 Å². The van der Waals surface area contributed by atoms with E-state index in [2.05, 4.69) is 15.6 Å². The lowest BCUT2D eigenvalue weighted by Gasteiger charge is -2.16. The van der Waals surface area contributed by atoms with E-state index < -0.39 is 6.10 Å². The zero-order valence-corrected chi connectivity index (χ0v) is 15.5. The highest BCUT2D eigenvalue weighted by molar-refractivity contribution is 5.79. The van der Waals surface area contributed by atoms with E-state index in [0.29, 0.717) is 29.6 Å². The number of nitrogens with zero attached hydrogens (tertiary/aromatic N) is 1. The fourth-order valence-electron chi connectivity index (χ4n) is 2.48. The lowest BCUT2D eigenvalue weighted by atomic mass is 10.1. The van der Waals surface area contributed by atoms with Crippen LogP contribution in [0.3, 0.4) is 0 Å².